The molecule has 3 heterocycles. The number of carbonyl (C=O) groups excluding carboxylic acids is 1. The summed E-state index contributed by atoms with van der Waals surface area (Å²) in [6, 6.07) is 21.7. The van der Waals surface area contributed by atoms with Crippen LogP contribution in [-0.2, 0) is 10.2 Å². The molecular formula is C30H29FN4O2. The van der Waals surface area contributed by atoms with Crippen LogP contribution in [0.3, 0.4) is 0 Å². The minimum absolute atomic E-state index is 0.112. The number of aromatic nitrogens is 2. The first-order chi connectivity index (χ1) is 18.1. The molecule has 1 saturated carbocycles. The first-order valence-electron chi connectivity index (χ1n) is 13.0. The van der Waals surface area contributed by atoms with Crippen molar-refractivity contribution in [1.82, 2.24) is 19.6 Å². The van der Waals surface area contributed by atoms with Crippen LogP contribution in [0.25, 0.3) is 16.6 Å². The van der Waals surface area contributed by atoms with Gasteiger partial charge in [0, 0.05) is 42.9 Å². The van der Waals surface area contributed by atoms with Crippen molar-refractivity contribution in [2.75, 3.05) is 39.4 Å². The molecule has 0 N–H and O–H groups in total. The topological polar surface area (TPSA) is 50.6 Å². The summed E-state index contributed by atoms with van der Waals surface area (Å²) in [5.41, 5.74) is 5.55. The van der Waals surface area contributed by atoms with E-state index in [0.717, 1.165) is 23.1 Å². The second-order valence-electron chi connectivity index (χ2n) is 10.6. The minimum atomic E-state index is -0.262. The van der Waals surface area contributed by atoms with Crippen LogP contribution in [0, 0.1) is 18.7 Å². The molecule has 6 nitrogen and oxygen atoms in total. The Morgan fingerprint density at radius 2 is 1.78 bits per heavy atom. The molecule has 3 atom stereocenters. The van der Waals surface area contributed by atoms with E-state index in [1.807, 2.05) is 15.8 Å². The number of carbonyl (C=O) groups is 1. The maximum absolute atomic E-state index is 13.5. The predicted molar refractivity (Wildman–Crippen MR) is 139 cm³/mol. The van der Waals surface area contributed by atoms with E-state index >= 15 is 0 Å². The lowest BCUT2D eigenvalue weighted by Gasteiger charge is -2.33. The van der Waals surface area contributed by atoms with Crippen LogP contribution in [0.2, 0.25) is 0 Å². The molecule has 2 aliphatic heterocycles. The third-order valence-corrected chi connectivity index (χ3v) is 8.58. The van der Waals surface area contributed by atoms with E-state index < -0.39 is 0 Å². The van der Waals surface area contributed by atoms with E-state index in [0.29, 0.717) is 44.7 Å². The Hall–Kier alpha value is -3.71. The largest absolute Gasteiger partial charge is 0.378 e. The highest BCUT2D eigenvalue weighted by molar-refractivity contribution is 5.83. The average molecular weight is 497 g/mol. The Bertz CT molecular complexity index is 1480. The van der Waals surface area contributed by atoms with E-state index in [2.05, 4.69) is 59.4 Å². The standard InChI is InChI=1S/C30H29FN4O2/c1-20-15-27-22(17-32-35(27)24-9-7-23(31)8-10-24)16-25(20)30-19-34(29(36)33-11-13-37-14-12-33)18-26(30)28(30)21-5-3-2-4-6-21/h2-10,15-17,26,28H,11-14,18-19H2,1H3/t26-,28-,30+/m1/s1. The SMILES string of the molecule is Cc1cc2c(cnn2-c2ccc(F)cc2)cc1[C@@]12CN(C(=O)N3CCOCC3)C[C@@H]1[C@H]2c1ccccc1. The molecule has 4 aromatic rings. The highest BCUT2D eigenvalue weighted by Gasteiger charge is 2.71. The number of hydrogen-bond acceptors (Lipinski definition) is 3. The summed E-state index contributed by atoms with van der Waals surface area (Å²) >= 11 is 0. The van der Waals surface area contributed by atoms with Crippen molar-refractivity contribution in [3.8, 4) is 5.69 Å². The summed E-state index contributed by atoms with van der Waals surface area (Å²) in [4.78, 5) is 17.4. The van der Waals surface area contributed by atoms with Gasteiger partial charge in [0.25, 0.3) is 0 Å². The fourth-order valence-electron chi connectivity index (χ4n) is 6.83. The number of amides is 2. The number of hydrogen-bond donors (Lipinski definition) is 0. The third-order valence-electron chi connectivity index (χ3n) is 8.58. The second kappa shape index (κ2) is 8.42. The molecule has 2 amide bonds. The normalized spacial score (nSPS) is 24.9. The van der Waals surface area contributed by atoms with Crippen molar-refractivity contribution in [1.29, 1.82) is 0 Å². The number of piperidine rings is 1. The zero-order chi connectivity index (χ0) is 25.1. The van der Waals surface area contributed by atoms with Gasteiger partial charge >= 0.3 is 6.03 Å². The van der Waals surface area contributed by atoms with Gasteiger partial charge in [-0.15, -0.1) is 0 Å². The van der Waals surface area contributed by atoms with Gasteiger partial charge in [-0.25, -0.2) is 13.9 Å². The Kier molecular flexibility index (Phi) is 5.11. The van der Waals surface area contributed by atoms with Crippen LogP contribution in [-0.4, -0.2) is 65.0 Å². The highest BCUT2D eigenvalue weighted by atomic mass is 19.1. The number of fused-ring (bicyclic) bond motifs is 2. The number of aryl methyl sites for hydroxylation is 1. The lowest BCUT2D eigenvalue weighted by atomic mass is 9.86. The van der Waals surface area contributed by atoms with E-state index in [1.165, 1.54) is 28.8 Å². The molecule has 3 aromatic carbocycles. The van der Waals surface area contributed by atoms with Gasteiger partial charge in [-0.2, -0.15) is 5.10 Å². The number of likely N-dealkylation sites (tertiary alicyclic amines) is 1. The number of benzene rings is 3. The molecule has 37 heavy (non-hydrogen) atoms. The number of nitrogens with zero attached hydrogens (tertiary/aromatic N) is 4. The Labute approximate surface area is 215 Å². The first-order valence-corrected chi connectivity index (χ1v) is 13.0. The average Bonchev–Trinajstić information content (AvgIpc) is 3.19. The lowest BCUT2D eigenvalue weighted by molar-refractivity contribution is 0.0440. The van der Waals surface area contributed by atoms with Crippen molar-refractivity contribution in [3.63, 3.8) is 0 Å². The Balaban J connectivity index is 1.28. The molecule has 3 fully saturated rings. The quantitative estimate of drug-likeness (QED) is 0.406. The van der Waals surface area contributed by atoms with Gasteiger partial charge in [-0.1, -0.05) is 30.3 Å². The molecule has 0 bridgehead atoms. The first kappa shape index (κ1) is 22.5. The smallest absolute Gasteiger partial charge is 0.320 e. The van der Waals surface area contributed by atoms with Gasteiger partial charge in [-0.05, 0) is 65.9 Å². The summed E-state index contributed by atoms with van der Waals surface area (Å²) in [5, 5.41) is 5.68. The number of ether oxygens (including phenoxy) is 1. The highest BCUT2D eigenvalue weighted by Crippen LogP contribution is 2.69. The van der Waals surface area contributed by atoms with Crippen LogP contribution in [0.15, 0.2) is 72.9 Å². The molecule has 2 saturated heterocycles. The third kappa shape index (κ3) is 3.48. The van der Waals surface area contributed by atoms with Crippen LogP contribution < -0.4 is 0 Å². The molecule has 0 radical (unpaired) electrons. The summed E-state index contributed by atoms with van der Waals surface area (Å²) in [6.07, 6.45) is 1.89. The Morgan fingerprint density at radius 1 is 1.03 bits per heavy atom. The molecule has 3 aliphatic rings. The minimum Gasteiger partial charge on any atom is -0.378 e. The Morgan fingerprint density at radius 3 is 2.54 bits per heavy atom. The molecule has 0 spiro atoms. The van der Waals surface area contributed by atoms with Crippen molar-refractivity contribution in [3.05, 3.63) is 95.4 Å². The molecular weight excluding hydrogens is 467 g/mol. The zero-order valence-electron chi connectivity index (χ0n) is 20.8. The summed E-state index contributed by atoms with van der Waals surface area (Å²) < 4.78 is 20.8. The van der Waals surface area contributed by atoms with Gasteiger partial charge in [0.2, 0.25) is 0 Å². The summed E-state index contributed by atoms with van der Waals surface area (Å²) in [6.45, 7) is 6.16. The maximum Gasteiger partial charge on any atom is 0.320 e. The van der Waals surface area contributed by atoms with Crippen molar-refractivity contribution >= 4 is 16.9 Å². The van der Waals surface area contributed by atoms with Crippen molar-refractivity contribution in [2.24, 2.45) is 5.92 Å². The monoisotopic (exact) mass is 496 g/mol. The summed E-state index contributed by atoms with van der Waals surface area (Å²) in [7, 11) is 0. The van der Waals surface area contributed by atoms with Crippen LogP contribution in [0.4, 0.5) is 9.18 Å². The summed E-state index contributed by atoms with van der Waals surface area (Å²) in [5.74, 6) is 0.496. The van der Waals surface area contributed by atoms with Gasteiger partial charge in [0.15, 0.2) is 0 Å². The zero-order valence-corrected chi connectivity index (χ0v) is 20.8. The molecule has 7 rings (SSSR count). The maximum atomic E-state index is 13.5. The fourth-order valence-corrected chi connectivity index (χ4v) is 6.83. The fraction of sp³-hybridized carbons (Fsp3) is 0.333. The van der Waals surface area contributed by atoms with Gasteiger partial charge in [0.05, 0.1) is 30.6 Å². The van der Waals surface area contributed by atoms with Crippen LogP contribution >= 0.6 is 0 Å². The molecule has 7 heteroatoms. The number of urea groups is 1. The van der Waals surface area contributed by atoms with Crippen molar-refractivity contribution < 1.29 is 13.9 Å². The van der Waals surface area contributed by atoms with Gasteiger partial charge in [-0.3, -0.25) is 0 Å². The predicted octanol–water partition coefficient (Wildman–Crippen LogP) is 4.89. The van der Waals surface area contributed by atoms with Crippen molar-refractivity contribution in [2.45, 2.75) is 18.3 Å². The van der Waals surface area contributed by atoms with Gasteiger partial charge in [0.1, 0.15) is 5.82 Å². The lowest BCUT2D eigenvalue weighted by Crippen LogP contribution is -2.48. The number of morpholine rings is 1. The van der Waals surface area contributed by atoms with E-state index in [-0.39, 0.29) is 17.3 Å². The van der Waals surface area contributed by atoms with Crippen LogP contribution in [0.5, 0.6) is 0 Å². The van der Waals surface area contributed by atoms with E-state index in [9.17, 15) is 9.18 Å². The van der Waals surface area contributed by atoms with Crippen LogP contribution in [0.1, 0.15) is 22.6 Å². The van der Waals surface area contributed by atoms with Gasteiger partial charge < -0.3 is 14.5 Å². The number of rotatable bonds is 3. The second-order valence-corrected chi connectivity index (χ2v) is 10.6. The van der Waals surface area contributed by atoms with E-state index in [1.54, 1.807) is 12.1 Å². The van der Waals surface area contributed by atoms with E-state index in [4.69, 9.17) is 4.74 Å². The number of halogens is 1. The molecule has 0 unspecified atom stereocenters. The molecule has 1 aromatic heterocycles. The molecule has 1 aliphatic carbocycles. The molecule has 188 valence electrons.